The van der Waals surface area contributed by atoms with Crippen molar-refractivity contribution in [1.29, 1.82) is 0 Å². The lowest BCUT2D eigenvalue weighted by Crippen LogP contribution is -2.48. The van der Waals surface area contributed by atoms with Gasteiger partial charge < -0.3 is 19.7 Å². The van der Waals surface area contributed by atoms with Crippen molar-refractivity contribution in [2.75, 3.05) is 43.9 Å². The first-order valence-electron chi connectivity index (χ1n) is 15.0. The van der Waals surface area contributed by atoms with Gasteiger partial charge in [-0.25, -0.2) is 4.98 Å². The molecular weight excluding hydrogens is 572 g/mol. The topological polar surface area (TPSA) is 90.8 Å². The third kappa shape index (κ3) is 5.33. The van der Waals surface area contributed by atoms with Gasteiger partial charge in [-0.1, -0.05) is 38.1 Å². The maximum atomic E-state index is 13.6. The van der Waals surface area contributed by atoms with E-state index in [1.54, 1.807) is 29.5 Å². The predicted molar refractivity (Wildman–Crippen MR) is 176 cm³/mol. The van der Waals surface area contributed by atoms with Crippen LogP contribution in [0.25, 0.3) is 11.3 Å². The molecule has 1 N–H and O–H groups in total. The standard InChI is InChI=1S/C34H38N6O3S/c1-20(2)28-18-23-14-15-40(33(42)30(23)44-28)27-9-7-8-25(21(27)3)26-19-39(6)34(43)31(36-26)35-24-12-10-22(11-13-24)29-32(41)38(5)17-16-37(29)4/h7-13,18-20,29H,14-17H2,1-6H3,(H,35,36). The summed E-state index contributed by atoms with van der Waals surface area (Å²) in [5.74, 6) is 0.697. The Kier molecular flexibility index (Phi) is 7.89. The number of amides is 2. The summed E-state index contributed by atoms with van der Waals surface area (Å²) >= 11 is 1.60. The third-order valence-corrected chi connectivity index (χ3v) is 10.2. The van der Waals surface area contributed by atoms with E-state index in [9.17, 15) is 14.4 Å². The van der Waals surface area contributed by atoms with Crippen molar-refractivity contribution in [3.8, 4) is 11.3 Å². The summed E-state index contributed by atoms with van der Waals surface area (Å²) in [4.78, 5) is 52.1. The molecule has 44 heavy (non-hydrogen) atoms. The summed E-state index contributed by atoms with van der Waals surface area (Å²) in [7, 11) is 5.50. The Hall–Kier alpha value is -4.28. The lowest BCUT2D eigenvalue weighted by Gasteiger charge is -2.37. The number of likely N-dealkylation sites (N-methyl/N-ethyl adjacent to an activating group) is 2. The second-order valence-electron chi connectivity index (χ2n) is 12.1. The number of nitrogens with zero attached hydrogens (tertiary/aromatic N) is 5. The molecule has 0 bridgehead atoms. The number of aryl methyl sites for hydroxylation is 1. The number of aromatic nitrogens is 2. The zero-order chi connectivity index (χ0) is 31.3. The Balaban J connectivity index is 1.28. The van der Waals surface area contributed by atoms with Crippen molar-refractivity contribution in [1.82, 2.24) is 19.4 Å². The minimum atomic E-state index is -0.331. The highest BCUT2D eigenvalue weighted by Crippen LogP contribution is 2.37. The minimum Gasteiger partial charge on any atom is -0.343 e. The highest BCUT2D eigenvalue weighted by molar-refractivity contribution is 7.14. The quantitative estimate of drug-likeness (QED) is 0.317. The van der Waals surface area contributed by atoms with Gasteiger partial charge >= 0.3 is 0 Å². The molecule has 228 valence electrons. The van der Waals surface area contributed by atoms with E-state index in [-0.39, 0.29) is 29.2 Å². The monoisotopic (exact) mass is 610 g/mol. The number of carbonyl (C=O) groups is 2. The van der Waals surface area contributed by atoms with Crippen molar-refractivity contribution in [2.45, 2.75) is 39.2 Å². The fourth-order valence-corrected chi connectivity index (χ4v) is 7.19. The summed E-state index contributed by atoms with van der Waals surface area (Å²) < 4.78 is 1.52. The van der Waals surface area contributed by atoms with Crippen LogP contribution < -0.4 is 15.8 Å². The molecule has 2 aromatic carbocycles. The maximum Gasteiger partial charge on any atom is 0.293 e. The molecule has 2 aliphatic rings. The predicted octanol–water partition coefficient (Wildman–Crippen LogP) is 5.33. The zero-order valence-electron chi connectivity index (χ0n) is 26.0. The Labute approximate surface area is 261 Å². The smallest absolute Gasteiger partial charge is 0.293 e. The van der Waals surface area contributed by atoms with Crippen LogP contribution >= 0.6 is 11.3 Å². The third-order valence-electron chi connectivity index (χ3n) is 8.71. The van der Waals surface area contributed by atoms with Crippen molar-refractivity contribution in [2.24, 2.45) is 7.05 Å². The average molecular weight is 611 g/mol. The number of thiophene rings is 1. The molecule has 0 aliphatic carbocycles. The van der Waals surface area contributed by atoms with Gasteiger partial charge in [-0.2, -0.15) is 0 Å². The molecule has 1 saturated heterocycles. The Morgan fingerprint density at radius 1 is 0.977 bits per heavy atom. The number of piperazine rings is 1. The molecule has 9 nitrogen and oxygen atoms in total. The number of hydrogen-bond acceptors (Lipinski definition) is 7. The van der Waals surface area contributed by atoms with Crippen molar-refractivity contribution >= 4 is 40.3 Å². The van der Waals surface area contributed by atoms with E-state index in [1.807, 2.05) is 68.4 Å². The zero-order valence-corrected chi connectivity index (χ0v) is 26.9. The normalized spacial score (nSPS) is 17.4. The van der Waals surface area contributed by atoms with Crippen LogP contribution in [0.15, 0.2) is 59.5 Å². The Morgan fingerprint density at radius 2 is 1.73 bits per heavy atom. The molecule has 0 radical (unpaired) electrons. The average Bonchev–Trinajstić information content (AvgIpc) is 3.45. The number of anilines is 3. The van der Waals surface area contributed by atoms with Gasteiger partial charge in [0.2, 0.25) is 5.91 Å². The van der Waals surface area contributed by atoms with Crippen LogP contribution in [0.5, 0.6) is 0 Å². The lowest BCUT2D eigenvalue weighted by molar-refractivity contribution is -0.139. The van der Waals surface area contributed by atoms with Gasteiger partial charge in [-0.05, 0) is 67.3 Å². The van der Waals surface area contributed by atoms with Gasteiger partial charge in [-0.3, -0.25) is 19.3 Å². The first-order chi connectivity index (χ1) is 21.0. The van der Waals surface area contributed by atoms with Crippen LogP contribution in [-0.2, 0) is 18.3 Å². The van der Waals surface area contributed by atoms with Crippen LogP contribution in [0.4, 0.5) is 17.2 Å². The molecule has 6 rings (SSSR count). The van der Waals surface area contributed by atoms with E-state index in [0.717, 1.165) is 45.8 Å². The minimum absolute atomic E-state index is 0.0374. The summed E-state index contributed by atoms with van der Waals surface area (Å²) in [6.45, 7) is 8.45. The highest BCUT2D eigenvalue weighted by atomic mass is 32.1. The van der Waals surface area contributed by atoms with E-state index in [2.05, 4.69) is 30.1 Å². The van der Waals surface area contributed by atoms with Crippen LogP contribution in [0.3, 0.4) is 0 Å². The molecule has 1 unspecified atom stereocenters. The second kappa shape index (κ2) is 11.7. The van der Waals surface area contributed by atoms with Gasteiger partial charge in [0.1, 0.15) is 6.04 Å². The van der Waals surface area contributed by atoms with Gasteiger partial charge in [0.15, 0.2) is 5.82 Å². The molecule has 4 heterocycles. The molecule has 0 spiro atoms. The van der Waals surface area contributed by atoms with E-state index < -0.39 is 0 Å². The largest absolute Gasteiger partial charge is 0.343 e. The number of fused-ring (bicyclic) bond motifs is 1. The van der Waals surface area contributed by atoms with Gasteiger partial charge in [-0.15, -0.1) is 11.3 Å². The fourth-order valence-electron chi connectivity index (χ4n) is 6.03. The number of carbonyl (C=O) groups excluding carboxylic acids is 2. The SMILES string of the molecule is Cc1c(-c2cn(C)c(=O)c(Nc3ccc(C4C(=O)N(C)CCN4C)cc3)n2)cccc1N1CCc2cc(C(C)C)sc2C1=O. The number of hydrogen-bond donors (Lipinski definition) is 1. The van der Waals surface area contributed by atoms with Gasteiger partial charge in [0, 0.05) is 61.7 Å². The fraction of sp³-hybridized carbons (Fsp3) is 0.353. The summed E-state index contributed by atoms with van der Waals surface area (Å²) in [6.07, 6.45) is 2.55. The van der Waals surface area contributed by atoms with Crippen LogP contribution in [0, 0.1) is 6.92 Å². The first-order valence-corrected chi connectivity index (χ1v) is 15.8. The molecule has 4 aromatic rings. The van der Waals surface area contributed by atoms with E-state index in [4.69, 9.17) is 4.98 Å². The number of benzene rings is 2. The summed E-state index contributed by atoms with van der Waals surface area (Å²) in [5, 5.41) is 3.19. The summed E-state index contributed by atoms with van der Waals surface area (Å²) in [6, 6.07) is 15.3. The molecule has 1 fully saturated rings. The molecule has 1 atom stereocenters. The first kappa shape index (κ1) is 29.8. The molecule has 10 heteroatoms. The van der Waals surface area contributed by atoms with Gasteiger partial charge in [0.25, 0.3) is 11.5 Å². The van der Waals surface area contributed by atoms with E-state index >= 15 is 0 Å². The molecule has 2 aromatic heterocycles. The molecule has 2 amide bonds. The van der Waals surface area contributed by atoms with E-state index in [1.165, 1.54) is 9.44 Å². The van der Waals surface area contributed by atoms with Gasteiger partial charge in [0.05, 0.1) is 10.6 Å². The molecule has 2 aliphatic heterocycles. The van der Waals surface area contributed by atoms with Crippen LogP contribution in [0.2, 0.25) is 0 Å². The van der Waals surface area contributed by atoms with Crippen molar-refractivity contribution < 1.29 is 9.59 Å². The molecular formula is C34H38N6O3S. The maximum absolute atomic E-state index is 13.6. The number of rotatable bonds is 6. The highest BCUT2D eigenvalue weighted by Gasteiger charge is 2.32. The van der Waals surface area contributed by atoms with Crippen LogP contribution in [-0.4, -0.2) is 64.9 Å². The second-order valence-corrected chi connectivity index (χ2v) is 13.2. The summed E-state index contributed by atoms with van der Waals surface area (Å²) in [5.41, 5.74) is 5.75. The van der Waals surface area contributed by atoms with Crippen molar-refractivity contribution in [3.05, 3.63) is 91.5 Å². The Bertz CT molecular complexity index is 1810. The van der Waals surface area contributed by atoms with Crippen LogP contribution in [0.1, 0.15) is 57.0 Å². The Morgan fingerprint density at radius 3 is 2.45 bits per heavy atom. The van der Waals surface area contributed by atoms with Crippen molar-refractivity contribution in [3.63, 3.8) is 0 Å². The molecule has 0 saturated carbocycles. The lowest BCUT2D eigenvalue weighted by atomic mass is 10.0. The van der Waals surface area contributed by atoms with E-state index in [0.29, 0.717) is 30.4 Å². The number of nitrogens with one attached hydrogen (secondary N) is 1.